The second-order valence-corrected chi connectivity index (χ2v) is 8.31. The minimum absolute atomic E-state index is 0.0734. The monoisotopic (exact) mass is 399 g/mol. The standard InChI is InChI=1S/C20H18ClN3O2S/c1-11-17-18(13-7-9-14(25)10-8-13)27-12(2)20(26)22-19(17)24(23-11)16-6-4-3-5-15(16)21/h3-10,12,18,25H,1-2H3,(H,22,26). The first-order valence-electron chi connectivity index (χ1n) is 8.55. The molecule has 27 heavy (non-hydrogen) atoms. The first-order chi connectivity index (χ1) is 13.0. The van der Waals surface area contributed by atoms with Crippen LogP contribution in [0, 0.1) is 6.92 Å². The van der Waals surface area contributed by atoms with Gasteiger partial charge < -0.3 is 10.4 Å². The maximum absolute atomic E-state index is 12.6. The van der Waals surface area contributed by atoms with E-state index >= 15 is 0 Å². The number of hydrogen-bond acceptors (Lipinski definition) is 4. The summed E-state index contributed by atoms with van der Waals surface area (Å²) in [4.78, 5) is 12.6. The third-order valence-electron chi connectivity index (χ3n) is 4.60. The summed E-state index contributed by atoms with van der Waals surface area (Å²) in [5.41, 5.74) is 3.49. The summed E-state index contributed by atoms with van der Waals surface area (Å²) in [6.07, 6.45) is 0. The van der Waals surface area contributed by atoms with Gasteiger partial charge in [0.05, 0.1) is 26.9 Å². The van der Waals surface area contributed by atoms with Crippen molar-refractivity contribution in [1.82, 2.24) is 9.78 Å². The van der Waals surface area contributed by atoms with Crippen molar-refractivity contribution in [2.24, 2.45) is 0 Å². The summed E-state index contributed by atoms with van der Waals surface area (Å²) >= 11 is 7.94. The van der Waals surface area contributed by atoms with Gasteiger partial charge in [-0.1, -0.05) is 35.9 Å². The number of halogens is 1. The predicted molar refractivity (Wildman–Crippen MR) is 109 cm³/mol. The molecule has 1 aliphatic rings. The van der Waals surface area contributed by atoms with E-state index in [0.717, 1.165) is 16.8 Å². The van der Waals surface area contributed by atoms with Crippen LogP contribution < -0.4 is 5.32 Å². The Balaban J connectivity index is 1.93. The maximum atomic E-state index is 12.6. The van der Waals surface area contributed by atoms with Gasteiger partial charge in [-0.15, -0.1) is 11.8 Å². The van der Waals surface area contributed by atoms with E-state index in [9.17, 15) is 9.90 Å². The molecule has 2 atom stereocenters. The van der Waals surface area contributed by atoms with Crippen LogP contribution in [-0.4, -0.2) is 26.0 Å². The Hall–Kier alpha value is -2.44. The molecular weight excluding hydrogens is 382 g/mol. The van der Waals surface area contributed by atoms with Gasteiger partial charge in [-0.2, -0.15) is 5.10 Å². The number of thioether (sulfide) groups is 1. The van der Waals surface area contributed by atoms with Crippen LogP contribution in [-0.2, 0) is 4.79 Å². The van der Waals surface area contributed by atoms with Crippen molar-refractivity contribution < 1.29 is 9.90 Å². The average molecular weight is 400 g/mol. The van der Waals surface area contributed by atoms with Crippen LogP contribution in [0.25, 0.3) is 5.69 Å². The molecule has 0 radical (unpaired) electrons. The van der Waals surface area contributed by atoms with Crippen LogP contribution in [0.2, 0.25) is 5.02 Å². The minimum Gasteiger partial charge on any atom is -0.508 e. The van der Waals surface area contributed by atoms with Crippen LogP contribution in [0.3, 0.4) is 0 Å². The SMILES string of the molecule is Cc1nn(-c2ccccc2Cl)c2c1C(c1ccc(O)cc1)SC(C)C(=O)N2. The first-order valence-corrected chi connectivity index (χ1v) is 9.87. The highest BCUT2D eigenvalue weighted by molar-refractivity contribution is 8.01. The molecule has 1 aliphatic heterocycles. The van der Waals surface area contributed by atoms with E-state index in [2.05, 4.69) is 10.4 Å². The molecule has 3 aromatic rings. The number of nitrogens with zero attached hydrogens (tertiary/aromatic N) is 2. The van der Waals surface area contributed by atoms with Gasteiger partial charge in [0, 0.05) is 5.56 Å². The molecule has 1 aromatic heterocycles. The Kier molecular flexibility index (Phi) is 4.61. The number of nitrogens with one attached hydrogen (secondary N) is 1. The van der Waals surface area contributed by atoms with Crippen molar-refractivity contribution >= 4 is 35.1 Å². The number of benzene rings is 2. The number of phenols is 1. The van der Waals surface area contributed by atoms with Crippen molar-refractivity contribution in [2.45, 2.75) is 24.3 Å². The Morgan fingerprint density at radius 2 is 1.89 bits per heavy atom. The van der Waals surface area contributed by atoms with Crippen LogP contribution in [0.15, 0.2) is 48.5 Å². The zero-order valence-electron chi connectivity index (χ0n) is 14.8. The molecule has 0 saturated heterocycles. The van der Waals surface area contributed by atoms with Gasteiger partial charge in [-0.05, 0) is 43.7 Å². The van der Waals surface area contributed by atoms with Gasteiger partial charge in [0.1, 0.15) is 11.6 Å². The number of carbonyl (C=O) groups excluding carboxylic acids is 1. The van der Waals surface area contributed by atoms with Gasteiger partial charge in [-0.25, -0.2) is 4.68 Å². The molecule has 7 heteroatoms. The molecule has 4 rings (SSSR count). The second-order valence-electron chi connectivity index (χ2n) is 6.45. The van der Waals surface area contributed by atoms with Crippen molar-refractivity contribution in [3.05, 3.63) is 70.4 Å². The van der Waals surface area contributed by atoms with Crippen LogP contribution in [0.1, 0.15) is 29.0 Å². The van der Waals surface area contributed by atoms with Gasteiger partial charge in [-0.3, -0.25) is 4.79 Å². The summed E-state index contributed by atoms with van der Waals surface area (Å²) in [5, 5.41) is 17.6. The lowest BCUT2D eigenvalue weighted by molar-refractivity contribution is -0.115. The molecule has 2 N–H and O–H groups in total. The van der Waals surface area contributed by atoms with Crippen LogP contribution in [0.5, 0.6) is 5.75 Å². The van der Waals surface area contributed by atoms with Crippen LogP contribution in [0.4, 0.5) is 5.82 Å². The van der Waals surface area contributed by atoms with E-state index < -0.39 is 0 Å². The number of fused-ring (bicyclic) bond motifs is 1. The van der Waals surface area contributed by atoms with Gasteiger partial charge in [0.25, 0.3) is 0 Å². The Morgan fingerprint density at radius 1 is 1.19 bits per heavy atom. The van der Waals surface area contributed by atoms with Crippen molar-refractivity contribution in [1.29, 1.82) is 0 Å². The summed E-state index contributed by atoms with van der Waals surface area (Å²) < 4.78 is 1.71. The molecule has 0 aliphatic carbocycles. The molecule has 0 spiro atoms. The molecule has 138 valence electrons. The molecule has 0 fully saturated rings. The quantitative estimate of drug-likeness (QED) is 0.655. The zero-order chi connectivity index (χ0) is 19.1. The lowest BCUT2D eigenvalue weighted by atomic mass is 10.0. The van der Waals surface area contributed by atoms with Gasteiger partial charge in [0.15, 0.2) is 0 Å². The number of amides is 1. The van der Waals surface area contributed by atoms with E-state index in [1.54, 1.807) is 34.6 Å². The normalized spacial score (nSPS) is 19.3. The highest BCUT2D eigenvalue weighted by Crippen LogP contribution is 2.46. The Morgan fingerprint density at radius 3 is 2.59 bits per heavy atom. The Bertz CT molecular complexity index is 1020. The number of phenolic OH excluding ortho intramolecular Hbond substituents is 1. The van der Waals surface area contributed by atoms with Crippen molar-refractivity contribution in [3.8, 4) is 11.4 Å². The molecule has 2 heterocycles. The summed E-state index contributed by atoms with van der Waals surface area (Å²) in [5.74, 6) is 0.777. The van der Waals surface area contributed by atoms with Crippen molar-refractivity contribution in [3.63, 3.8) is 0 Å². The lowest BCUT2D eigenvalue weighted by Crippen LogP contribution is -2.22. The lowest BCUT2D eigenvalue weighted by Gasteiger charge is -2.17. The fourth-order valence-corrected chi connectivity index (χ4v) is 4.76. The Labute approximate surface area is 166 Å². The third kappa shape index (κ3) is 3.19. The second kappa shape index (κ2) is 6.94. The highest BCUT2D eigenvalue weighted by Gasteiger charge is 2.34. The maximum Gasteiger partial charge on any atom is 0.238 e. The first kappa shape index (κ1) is 17.9. The van der Waals surface area contributed by atoms with Crippen molar-refractivity contribution in [2.75, 3.05) is 5.32 Å². The van der Waals surface area contributed by atoms with Gasteiger partial charge in [0.2, 0.25) is 5.91 Å². The summed E-state index contributed by atoms with van der Waals surface area (Å²) in [7, 11) is 0. The smallest absolute Gasteiger partial charge is 0.238 e. The third-order valence-corrected chi connectivity index (χ3v) is 6.32. The fourth-order valence-electron chi connectivity index (χ4n) is 3.22. The molecule has 1 amide bonds. The van der Waals surface area contributed by atoms with Crippen LogP contribution >= 0.6 is 23.4 Å². The molecule has 5 nitrogen and oxygen atoms in total. The largest absolute Gasteiger partial charge is 0.508 e. The molecule has 2 unspecified atom stereocenters. The van der Waals surface area contributed by atoms with Gasteiger partial charge >= 0.3 is 0 Å². The predicted octanol–water partition coefficient (Wildman–Crippen LogP) is 4.70. The summed E-state index contributed by atoms with van der Waals surface area (Å²) in [6, 6.07) is 14.5. The van der Waals surface area contributed by atoms with E-state index in [1.807, 2.05) is 44.2 Å². The average Bonchev–Trinajstić information content (AvgIpc) is 2.89. The molecule has 0 bridgehead atoms. The van der Waals surface area contributed by atoms with E-state index in [0.29, 0.717) is 16.5 Å². The van der Waals surface area contributed by atoms with E-state index in [1.165, 1.54) is 0 Å². The molecule has 2 aromatic carbocycles. The number of para-hydroxylation sites is 1. The number of aromatic nitrogens is 2. The topological polar surface area (TPSA) is 67.1 Å². The molecule has 0 saturated carbocycles. The highest BCUT2D eigenvalue weighted by atomic mass is 35.5. The fraction of sp³-hybridized carbons (Fsp3) is 0.200. The zero-order valence-corrected chi connectivity index (χ0v) is 16.4. The molecular formula is C20H18ClN3O2S. The van der Waals surface area contributed by atoms with E-state index in [4.69, 9.17) is 11.6 Å². The number of aromatic hydroxyl groups is 1. The minimum atomic E-state index is -0.240. The number of anilines is 1. The number of hydrogen-bond donors (Lipinski definition) is 2. The number of aryl methyl sites for hydroxylation is 1. The number of carbonyl (C=O) groups is 1. The number of rotatable bonds is 2. The van der Waals surface area contributed by atoms with E-state index in [-0.39, 0.29) is 22.2 Å². The summed E-state index contributed by atoms with van der Waals surface area (Å²) in [6.45, 7) is 3.82.